The van der Waals surface area contributed by atoms with Crippen LogP contribution >= 0.6 is 0 Å². The average Bonchev–Trinajstić information content (AvgIpc) is 2.42. The Morgan fingerprint density at radius 2 is 2.06 bits per heavy atom. The van der Waals surface area contributed by atoms with E-state index < -0.39 is 12.9 Å². The standard InChI is InChI=1S/C13H19NO4/c1-2-3-9-14(18-11-15)13(16)17-10-12-7-5-4-6-8-12/h4-8,15H,2-3,9-11H2,1H3. The van der Waals surface area contributed by atoms with Crippen LogP contribution in [0.3, 0.4) is 0 Å². The molecule has 0 aliphatic carbocycles. The molecule has 1 amide bonds. The highest BCUT2D eigenvalue weighted by atomic mass is 16.8. The summed E-state index contributed by atoms with van der Waals surface area (Å²) in [6, 6.07) is 9.39. The van der Waals surface area contributed by atoms with Crippen LogP contribution < -0.4 is 0 Å². The molecular formula is C13H19NO4. The minimum absolute atomic E-state index is 0.192. The summed E-state index contributed by atoms with van der Waals surface area (Å²) in [5, 5.41) is 9.75. The molecule has 1 aromatic carbocycles. The number of amides is 1. The van der Waals surface area contributed by atoms with E-state index in [2.05, 4.69) is 0 Å². The van der Waals surface area contributed by atoms with Crippen LogP contribution in [0.15, 0.2) is 30.3 Å². The lowest BCUT2D eigenvalue weighted by atomic mass is 10.2. The fraction of sp³-hybridized carbons (Fsp3) is 0.462. The second-order valence-electron chi connectivity index (χ2n) is 3.75. The first-order valence-corrected chi connectivity index (χ1v) is 6.00. The van der Waals surface area contributed by atoms with Gasteiger partial charge in [-0.05, 0) is 12.0 Å². The highest BCUT2D eigenvalue weighted by Crippen LogP contribution is 2.05. The van der Waals surface area contributed by atoms with Crippen LogP contribution in [0, 0.1) is 0 Å². The average molecular weight is 253 g/mol. The molecule has 1 aromatic rings. The Balaban J connectivity index is 2.40. The van der Waals surface area contributed by atoms with Crippen molar-refractivity contribution in [2.45, 2.75) is 26.4 Å². The van der Waals surface area contributed by atoms with Crippen molar-refractivity contribution in [2.24, 2.45) is 0 Å². The van der Waals surface area contributed by atoms with Crippen LogP contribution in [-0.2, 0) is 16.2 Å². The Bertz CT molecular complexity index is 342. The molecule has 0 aliphatic rings. The van der Waals surface area contributed by atoms with Gasteiger partial charge in [-0.15, -0.1) is 0 Å². The Morgan fingerprint density at radius 1 is 1.33 bits per heavy atom. The van der Waals surface area contributed by atoms with Crippen LogP contribution in [0.4, 0.5) is 4.79 Å². The van der Waals surface area contributed by atoms with E-state index in [1.807, 2.05) is 37.3 Å². The SMILES string of the molecule is CCCCN(OCO)C(=O)OCc1ccccc1. The predicted molar refractivity (Wildman–Crippen MR) is 66.4 cm³/mol. The second-order valence-corrected chi connectivity index (χ2v) is 3.75. The van der Waals surface area contributed by atoms with Crippen molar-refractivity contribution < 1.29 is 19.5 Å². The van der Waals surface area contributed by atoms with Crippen molar-refractivity contribution in [3.05, 3.63) is 35.9 Å². The summed E-state index contributed by atoms with van der Waals surface area (Å²) in [5.74, 6) is 0. The Labute approximate surface area is 107 Å². The van der Waals surface area contributed by atoms with Gasteiger partial charge in [0, 0.05) is 0 Å². The number of benzene rings is 1. The maximum atomic E-state index is 11.7. The third-order valence-electron chi connectivity index (χ3n) is 2.34. The van der Waals surface area contributed by atoms with Gasteiger partial charge in [0.1, 0.15) is 6.61 Å². The van der Waals surface area contributed by atoms with Crippen molar-refractivity contribution in [3.8, 4) is 0 Å². The van der Waals surface area contributed by atoms with Crippen LogP contribution in [-0.4, -0.2) is 29.6 Å². The summed E-state index contributed by atoms with van der Waals surface area (Å²) in [4.78, 5) is 16.5. The van der Waals surface area contributed by atoms with Gasteiger partial charge in [-0.2, -0.15) is 5.06 Å². The summed E-state index contributed by atoms with van der Waals surface area (Å²) in [6.45, 7) is 2.07. The van der Waals surface area contributed by atoms with Crippen LogP contribution in [0.1, 0.15) is 25.3 Å². The van der Waals surface area contributed by atoms with E-state index >= 15 is 0 Å². The molecule has 0 spiro atoms. The zero-order valence-electron chi connectivity index (χ0n) is 10.5. The van der Waals surface area contributed by atoms with Gasteiger partial charge in [0.25, 0.3) is 0 Å². The van der Waals surface area contributed by atoms with Crippen LogP contribution in [0.25, 0.3) is 0 Å². The molecule has 0 fully saturated rings. The molecule has 1 rings (SSSR count). The number of hydroxylamine groups is 2. The lowest BCUT2D eigenvalue weighted by Gasteiger charge is -2.19. The normalized spacial score (nSPS) is 10.1. The minimum atomic E-state index is -0.582. The molecule has 100 valence electrons. The third kappa shape index (κ3) is 5.16. The van der Waals surface area contributed by atoms with Gasteiger partial charge in [0.15, 0.2) is 6.79 Å². The molecule has 0 saturated heterocycles. The molecule has 0 bridgehead atoms. The van der Waals surface area contributed by atoms with Crippen molar-refractivity contribution >= 4 is 6.09 Å². The van der Waals surface area contributed by atoms with E-state index in [9.17, 15) is 4.79 Å². The quantitative estimate of drug-likeness (QED) is 0.598. The fourth-order valence-corrected chi connectivity index (χ4v) is 1.37. The topological polar surface area (TPSA) is 59.0 Å². The number of carbonyl (C=O) groups excluding carboxylic acids is 1. The number of unbranched alkanes of at least 4 members (excludes halogenated alkanes) is 1. The highest BCUT2D eigenvalue weighted by molar-refractivity contribution is 5.66. The molecule has 0 radical (unpaired) electrons. The maximum Gasteiger partial charge on any atom is 0.434 e. The van der Waals surface area contributed by atoms with Gasteiger partial charge in [-0.25, -0.2) is 9.63 Å². The number of nitrogens with zero attached hydrogens (tertiary/aromatic N) is 1. The molecule has 0 unspecified atom stereocenters. The number of aliphatic hydroxyl groups is 1. The lowest BCUT2D eigenvalue weighted by Crippen LogP contribution is -2.33. The zero-order chi connectivity index (χ0) is 13.2. The molecule has 5 heteroatoms. The van der Waals surface area contributed by atoms with Gasteiger partial charge in [-0.1, -0.05) is 43.7 Å². The highest BCUT2D eigenvalue weighted by Gasteiger charge is 2.15. The predicted octanol–water partition coefficient (Wildman–Crippen LogP) is 2.31. The van der Waals surface area contributed by atoms with E-state index in [0.29, 0.717) is 6.54 Å². The molecule has 1 N–H and O–H groups in total. The maximum absolute atomic E-state index is 11.7. The number of rotatable bonds is 7. The number of ether oxygens (including phenoxy) is 1. The van der Waals surface area contributed by atoms with E-state index in [-0.39, 0.29) is 6.61 Å². The van der Waals surface area contributed by atoms with Gasteiger partial charge in [0.2, 0.25) is 0 Å². The first-order valence-electron chi connectivity index (χ1n) is 6.00. The number of hydrogen-bond donors (Lipinski definition) is 1. The molecule has 0 atom stereocenters. The van der Waals surface area contributed by atoms with Gasteiger partial charge in [-0.3, -0.25) is 0 Å². The Morgan fingerprint density at radius 3 is 2.67 bits per heavy atom. The number of aliphatic hydroxyl groups excluding tert-OH is 1. The van der Waals surface area contributed by atoms with Crippen LogP contribution in [0.5, 0.6) is 0 Å². The van der Waals surface area contributed by atoms with E-state index in [1.165, 1.54) is 0 Å². The number of hydrogen-bond acceptors (Lipinski definition) is 4. The molecule has 0 aromatic heterocycles. The summed E-state index contributed by atoms with van der Waals surface area (Å²) in [5.41, 5.74) is 0.908. The second kappa shape index (κ2) is 8.49. The molecule has 0 aliphatic heterocycles. The molecule has 5 nitrogen and oxygen atoms in total. The summed E-state index contributed by atoms with van der Waals surface area (Å²) in [7, 11) is 0. The van der Waals surface area contributed by atoms with Gasteiger partial charge in [0.05, 0.1) is 6.54 Å². The fourth-order valence-electron chi connectivity index (χ4n) is 1.37. The van der Waals surface area contributed by atoms with Crippen molar-refractivity contribution in [2.75, 3.05) is 13.3 Å². The first-order chi connectivity index (χ1) is 8.77. The first kappa shape index (κ1) is 14.5. The van der Waals surface area contributed by atoms with E-state index in [4.69, 9.17) is 14.7 Å². The van der Waals surface area contributed by atoms with E-state index in [0.717, 1.165) is 23.5 Å². The van der Waals surface area contributed by atoms with Crippen molar-refractivity contribution in [3.63, 3.8) is 0 Å². The molecule has 0 saturated carbocycles. The molecular weight excluding hydrogens is 234 g/mol. The largest absolute Gasteiger partial charge is 0.443 e. The zero-order valence-corrected chi connectivity index (χ0v) is 10.5. The Hall–Kier alpha value is -1.59. The van der Waals surface area contributed by atoms with Crippen molar-refractivity contribution in [1.29, 1.82) is 0 Å². The van der Waals surface area contributed by atoms with Gasteiger partial charge >= 0.3 is 6.09 Å². The van der Waals surface area contributed by atoms with Crippen molar-refractivity contribution in [1.82, 2.24) is 5.06 Å². The van der Waals surface area contributed by atoms with Gasteiger partial charge < -0.3 is 9.84 Å². The summed E-state index contributed by atoms with van der Waals surface area (Å²) in [6.07, 6.45) is 1.14. The van der Waals surface area contributed by atoms with E-state index in [1.54, 1.807) is 0 Å². The lowest BCUT2D eigenvalue weighted by molar-refractivity contribution is -0.188. The smallest absolute Gasteiger partial charge is 0.434 e. The van der Waals surface area contributed by atoms with Crippen LogP contribution in [0.2, 0.25) is 0 Å². The number of carbonyl (C=O) groups is 1. The monoisotopic (exact) mass is 253 g/mol. The molecule has 0 heterocycles. The minimum Gasteiger partial charge on any atom is -0.443 e. The molecule has 18 heavy (non-hydrogen) atoms. The Kier molecular flexibility index (Phi) is 6.83. The summed E-state index contributed by atoms with van der Waals surface area (Å²) >= 11 is 0. The summed E-state index contributed by atoms with van der Waals surface area (Å²) < 4.78 is 5.09. The third-order valence-corrected chi connectivity index (χ3v) is 2.34.